The van der Waals surface area contributed by atoms with Crippen LogP contribution in [0.3, 0.4) is 0 Å². The molecular formula is C18H18F18N2O4. The van der Waals surface area contributed by atoms with Crippen molar-refractivity contribution in [2.24, 2.45) is 5.92 Å². The van der Waals surface area contributed by atoms with Gasteiger partial charge in [-0.3, -0.25) is 0 Å². The average molecular weight is 668 g/mol. The molecular weight excluding hydrogens is 650 g/mol. The number of carbonyl (C=O) groups is 2. The van der Waals surface area contributed by atoms with Gasteiger partial charge in [0.15, 0.2) is 0 Å². The fourth-order valence-corrected chi connectivity index (χ4v) is 3.28. The van der Waals surface area contributed by atoms with Gasteiger partial charge in [0, 0.05) is 19.0 Å². The van der Waals surface area contributed by atoms with Gasteiger partial charge in [0.1, 0.15) is 0 Å². The molecule has 0 spiro atoms. The summed E-state index contributed by atoms with van der Waals surface area (Å²) < 4.78 is 241. The molecule has 42 heavy (non-hydrogen) atoms. The summed E-state index contributed by atoms with van der Waals surface area (Å²) in [5, 5.41) is 19.7. The third-order valence-corrected chi connectivity index (χ3v) is 5.55. The molecule has 4 N–H and O–H groups in total. The molecule has 0 aromatic heterocycles. The first-order valence-corrected chi connectivity index (χ1v) is 10.7. The molecule has 0 saturated heterocycles. The van der Waals surface area contributed by atoms with Crippen molar-refractivity contribution in [2.75, 3.05) is 6.54 Å². The van der Waals surface area contributed by atoms with Crippen molar-refractivity contribution in [3.05, 3.63) is 0 Å². The normalized spacial score (nSPS) is 16.1. The van der Waals surface area contributed by atoms with Crippen LogP contribution in [0.2, 0.25) is 0 Å². The molecule has 0 aliphatic carbocycles. The maximum atomic E-state index is 14.2. The summed E-state index contributed by atoms with van der Waals surface area (Å²) in [6, 6.07) is -2.97. The van der Waals surface area contributed by atoms with E-state index in [0.717, 1.165) is 5.32 Å². The Morgan fingerprint density at radius 2 is 1.00 bits per heavy atom. The predicted molar refractivity (Wildman–Crippen MR) is 99.3 cm³/mol. The molecule has 0 heterocycles. The minimum absolute atomic E-state index is 0.199. The summed E-state index contributed by atoms with van der Waals surface area (Å²) in [7, 11) is 0. The lowest BCUT2D eigenvalue weighted by Crippen LogP contribution is -2.72. The van der Waals surface area contributed by atoms with Crippen molar-refractivity contribution in [1.29, 1.82) is 0 Å². The maximum absolute atomic E-state index is 14.2. The van der Waals surface area contributed by atoms with Crippen LogP contribution < -0.4 is 10.6 Å². The number of alkyl halides is 18. The van der Waals surface area contributed by atoms with Crippen LogP contribution in [0.4, 0.5) is 88.6 Å². The van der Waals surface area contributed by atoms with Gasteiger partial charge in [0.2, 0.25) is 0 Å². The summed E-state index contributed by atoms with van der Waals surface area (Å²) in [4.78, 5) is 21.1. The highest BCUT2D eigenvalue weighted by atomic mass is 19.4. The van der Waals surface area contributed by atoms with Crippen LogP contribution in [0.15, 0.2) is 0 Å². The number of hydrogen-bond donors (Lipinski definition) is 4. The molecule has 0 aromatic rings. The monoisotopic (exact) mass is 668 g/mol. The zero-order chi connectivity index (χ0) is 34.0. The minimum atomic E-state index is -8.69. The van der Waals surface area contributed by atoms with Crippen molar-refractivity contribution in [2.45, 2.75) is 86.0 Å². The summed E-state index contributed by atoms with van der Waals surface area (Å²) in [5.74, 6) is -53.8. The van der Waals surface area contributed by atoms with Crippen LogP contribution in [-0.4, -0.2) is 82.9 Å². The lowest BCUT2D eigenvalue weighted by Gasteiger charge is -2.42. The Hall–Kier alpha value is -2.72. The first kappa shape index (κ1) is 39.3. The lowest BCUT2D eigenvalue weighted by molar-refractivity contribution is -0.453. The van der Waals surface area contributed by atoms with E-state index in [0.29, 0.717) is 0 Å². The third-order valence-electron chi connectivity index (χ3n) is 5.55. The van der Waals surface area contributed by atoms with Crippen LogP contribution in [0.25, 0.3) is 0 Å². The molecule has 6 nitrogen and oxygen atoms in total. The summed E-state index contributed by atoms with van der Waals surface area (Å²) in [6.07, 6.45) is -24.4. The molecule has 0 bridgehead atoms. The molecule has 2 atom stereocenters. The van der Waals surface area contributed by atoms with Crippen molar-refractivity contribution >= 4 is 12.2 Å². The topological polar surface area (TPSA) is 98.7 Å². The number of amides is 2. The molecule has 0 saturated carbocycles. The minimum Gasteiger partial charge on any atom is -0.465 e. The second-order valence-electron chi connectivity index (χ2n) is 8.56. The maximum Gasteiger partial charge on any atom is 0.460 e. The van der Waals surface area contributed by atoms with Gasteiger partial charge >= 0.3 is 60.1 Å². The molecule has 250 valence electrons. The Labute approximate surface area is 221 Å². The fourth-order valence-electron chi connectivity index (χ4n) is 3.28. The van der Waals surface area contributed by atoms with Crippen LogP contribution in [0, 0.1) is 5.92 Å². The van der Waals surface area contributed by atoms with E-state index < -0.39 is 91.3 Å². The van der Waals surface area contributed by atoms with Crippen LogP contribution >= 0.6 is 0 Å². The first-order chi connectivity index (χ1) is 18.3. The highest BCUT2D eigenvalue weighted by Crippen LogP contribution is 2.63. The molecule has 0 aromatic carbocycles. The Kier molecular flexibility index (Phi) is 11.7. The van der Waals surface area contributed by atoms with E-state index in [2.05, 4.69) is 0 Å². The first-order valence-electron chi connectivity index (χ1n) is 10.7. The molecule has 2 amide bonds. The zero-order valence-electron chi connectivity index (χ0n) is 19.9. The van der Waals surface area contributed by atoms with Gasteiger partial charge in [-0.25, -0.2) is 9.59 Å². The second kappa shape index (κ2) is 12.5. The Bertz CT molecular complexity index is 934. The van der Waals surface area contributed by atoms with Gasteiger partial charge in [-0.1, -0.05) is 12.8 Å². The van der Waals surface area contributed by atoms with Crippen LogP contribution in [0.1, 0.15) is 32.1 Å². The van der Waals surface area contributed by atoms with Gasteiger partial charge in [0.25, 0.3) is 0 Å². The number of rotatable bonds is 15. The second-order valence-corrected chi connectivity index (χ2v) is 8.56. The highest BCUT2D eigenvalue weighted by molar-refractivity contribution is 5.65. The van der Waals surface area contributed by atoms with Crippen molar-refractivity contribution in [3.8, 4) is 0 Å². The quantitative estimate of drug-likeness (QED) is 0.108. The van der Waals surface area contributed by atoms with E-state index in [1.54, 1.807) is 5.32 Å². The molecule has 0 aliphatic heterocycles. The number of nitrogens with one attached hydrogen (secondary N) is 2. The summed E-state index contributed by atoms with van der Waals surface area (Å²) in [6.45, 7) is -0.360. The molecule has 0 rings (SSSR count). The van der Waals surface area contributed by atoms with Crippen molar-refractivity contribution in [1.82, 2.24) is 10.6 Å². The average Bonchev–Trinajstić information content (AvgIpc) is 2.76. The van der Waals surface area contributed by atoms with Crippen molar-refractivity contribution < 1.29 is 98.8 Å². The van der Waals surface area contributed by atoms with E-state index in [1.807, 2.05) is 0 Å². The molecule has 2 unspecified atom stereocenters. The Balaban J connectivity index is 6.49. The molecule has 0 aliphatic rings. The van der Waals surface area contributed by atoms with Crippen LogP contribution in [-0.2, 0) is 0 Å². The number of unbranched alkanes of at least 4 members (excludes halogenated alkanes) is 2. The van der Waals surface area contributed by atoms with Gasteiger partial charge in [0.05, 0.1) is 5.92 Å². The summed E-state index contributed by atoms with van der Waals surface area (Å²) in [5.41, 5.74) is 0. The Morgan fingerprint density at radius 3 is 1.38 bits per heavy atom. The van der Waals surface area contributed by atoms with E-state index in [4.69, 9.17) is 10.2 Å². The standard InChI is InChI=1S/C18H18F18N2O4/c19-11(20,13(24,25)14(26,27)15(28,29)16(30,31)17(32,33)18(34,35)36)6-7(12(21,22)23)8(38-10(41)42)4-2-1-3-5-37-9(39)40/h7-8,37-38H,1-6H2,(H,39,40)(H,41,42). The van der Waals surface area contributed by atoms with E-state index >= 15 is 0 Å². The predicted octanol–water partition coefficient (Wildman–Crippen LogP) is 7.39. The largest absolute Gasteiger partial charge is 0.465 e. The van der Waals surface area contributed by atoms with Gasteiger partial charge in [-0.2, -0.15) is 79.0 Å². The number of hydrogen-bond acceptors (Lipinski definition) is 2. The van der Waals surface area contributed by atoms with Crippen LogP contribution in [0.5, 0.6) is 0 Å². The third kappa shape index (κ3) is 7.81. The van der Waals surface area contributed by atoms with E-state index in [-0.39, 0.29) is 19.4 Å². The number of halogens is 18. The fraction of sp³-hybridized carbons (Fsp3) is 0.889. The lowest BCUT2D eigenvalue weighted by atomic mass is 9.83. The van der Waals surface area contributed by atoms with E-state index in [1.165, 1.54) is 0 Å². The zero-order valence-corrected chi connectivity index (χ0v) is 19.9. The van der Waals surface area contributed by atoms with E-state index in [9.17, 15) is 88.6 Å². The van der Waals surface area contributed by atoms with Crippen molar-refractivity contribution in [3.63, 3.8) is 0 Å². The SMILES string of the molecule is O=C(O)NCCCCCC(NC(=O)O)C(CC(F)(F)C(F)(F)C(F)(F)C(F)(F)C(F)(F)C(F)(F)C(F)(F)F)C(F)(F)F. The summed E-state index contributed by atoms with van der Waals surface area (Å²) >= 11 is 0. The highest BCUT2D eigenvalue weighted by Gasteiger charge is 2.93. The number of carboxylic acid groups (broad SMARTS) is 2. The van der Waals surface area contributed by atoms with Gasteiger partial charge in [-0.15, -0.1) is 0 Å². The Morgan fingerprint density at radius 1 is 0.571 bits per heavy atom. The van der Waals surface area contributed by atoms with Gasteiger partial charge in [-0.05, 0) is 12.8 Å². The molecule has 0 fully saturated rings. The molecule has 24 heteroatoms. The molecule has 0 radical (unpaired) electrons. The smallest absolute Gasteiger partial charge is 0.460 e. The van der Waals surface area contributed by atoms with Gasteiger partial charge < -0.3 is 20.8 Å².